The Labute approximate surface area is 174 Å². The van der Waals surface area contributed by atoms with Crippen molar-refractivity contribution in [3.63, 3.8) is 0 Å². The number of hydrogen-bond acceptors (Lipinski definition) is 4. The van der Waals surface area contributed by atoms with Crippen LogP contribution in [-0.2, 0) is 4.79 Å². The summed E-state index contributed by atoms with van der Waals surface area (Å²) in [6.45, 7) is 6.86. The summed E-state index contributed by atoms with van der Waals surface area (Å²) < 4.78 is 6.76. The lowest BCUT2D eigenvalue weighted by atomic mass is 10.1. The molecule has 0 aliphatic carbocycles. The van der Waals surface area contributed by atoms with Crippen LogP contribution in [0.3, 0.4) is 0 Å². The topological polar surface area (TPSA) is 45.5 Å². The predicted octanol–water partition coefficient (Wildman–Crippen LogP) is 5.09. The number of thioether (sulfide) groups is 1. The summed E-state index contributed by atoms with van der Waals surface area (Å²) in [5.41, 5.74) is 2.37. The summed E-state index contributed by atoms with van der Waals surface area (Å²) in [5.74, 6) is 1.42. The van der Waals surface area contributed by atoms with Gasteiger partial charge in [-0.2, -0.15) is 0 Å². The fourth-order valence-corrected chi connectivity index (χ4v) is 4.83. The van der Waals surface area contributed by atoms with E-state index >= 15 is 0 Å². The van der Waals surface area contributed by atoms with Crippen molar-refractivity contribution in [2.75, 3.05) is 25.4 Å². The van der Waals surface area contributed by atoms with E-state index in [0.717, 1.165) is 28.2 Å². The lowest BCUT2D eigenvalue weighted by molar-refractivity contribution is -0.118. The normalized spacial score (nSPS) is 16.3. The average molecular weight is 451 g/mol. The first-order valence-electron chi connectivity index (χ1n) is 9.48. The number of furan rings is 1. The second-order valence-electron chi connectivity index (χ2n) is 7.09. The van der Waals surface area contributed by atoms with Crippen LogP contribution in [-0.4, -0.2) is 36.2 Å². The zero-order valence-corrected chi connectivity index (χ0v) is 18.4. The van der Waals surface area contributed by atoms with Crippen LogP contribution in [0.1, 0.15) is 42.2 Å². The third-order valence-electron chi connectivity index (χ3n) is 5.01. The van der Waals surface area contributed by atoms with Crippen LogP contribution in [0.5, 0.6) is 0 Å². The standard InChI is InChI=1S/C21H27BrN2O2S/c1-15-12-20(16(2)11-17(15)22)27-14-21(25)23-13-18(19-7-6-10-26-19)24-8-4-3-5-9-24/h6-7,10-12,18H,3-5,8-9,13-14H2,1-2H3,(H,23,25)/t18-/m0/s1. The highest BCUT2D eigenvalue weighted by Gasteiger charge is 2.24. The van der Waals surface area contributed by atoms with Crippen LogP contribution in [0.2, 0.25) is 0 Å². The van der Waals surface area contributed by atoms with Gasteiger partial charge in [-0.1, -0.05) is 22.4 Å². The fourth-order valence-electron chi connectivity index (χ4n) is 3.44. The summed E-state index contributed by atoms with van der Waals surface area (Å²) >= 11 is 5.15. The van der Waals surface area contributed by atoms with Gasteiger partial charge in [0.25, 0.3) is 0 Å². The van der Waals surface area contributed by atoms with E-state index in [1.54, 1.807) is 18.0 Å². The van der Waals surface area contributed by atoms with E-state index in [1.165, 1.54) is 30.4 Å². The highest BCUT2D eigenvalue weighted by Crippen LogP contribution is 2.28. The first-order chi connectivity index (χ1) is 13.0. The van der Waals surface area contributed by atoms with E-state index in [-0.39, 0.29) is 11.9 Å². The third kappa shape index (κ3) is 5.62. The van der Waals surface area contributed by atoms with Crippen LogP contribution in [0.25, 0.3) is 0 Å². The molecule has 2 heterocycles. The smallest absolute Gasteiger partial charge is 0.230 e. The fraction of sp³-hybridized carbons (Fsp3) is 0.476. The minimum absolute atomic E-state index is 0.0635. The van der Waals surface area contributed by atoms with Crippen LogP contribution in [0, 0.1) is 13.8 Å². The van der Waals surface area contributed by atoms with Gasteiger partial charge in [0.2, 0.25) is 5.91 Å². The van der Waals surface area contributed by atoms with Crippen LogP contribution < -0.4 is 5.32 Å². The molecule has 0 spiro atoms. The lowest BCUT2D eigenvalue weighted by Crippen LogP contribution is -2.40. The van der Waals surface area contributed by atoms with E-state index in [4.69, 9.17) is 4.42 Å². The van der Waals surface area contributed by atoms with Crippen LogP contribution in [0.4, 0.5) is 0 Å². The van der Waals surface area contributed by atoms with Gasteiger partial charge in [-0.3, -0.25) is 9.69 Å². The molecular formula is C21H27BrN2O2S. The number of aryl methyl sites for hydroxylation is 2. The molecule has 1 aliphatic rings. The van der Waals surface area contributed by atoms with Crippen molar-refractivity contribution in [1.29, 1.82) is 0 Å². The largest absolute Gasteiger partial charge is 0.468 e. The van der Waals surface area contributed by atoms with Gasteiger partial charge >= 0.3 is 0 Å². The van der Waals surface area contributed by atoms with E-state index < -0.39 is 0 Å². The second-order valence-corrected chi connectivity index (χ2v) is 8.96. The van der Waals surface area contributed by atoms with E-state index in [1.807, 2.05) is 12.1 Å². The number of hydrogen-bond donors (Lipinski definition) is 1. The van der Waals surface area contributed by atoms with E-state index in [0.29, 0.717) is 12.3 Å². The number of halogens is 1. The number of amides is 1. The van der Waals surface area contributed by atoms with Gasteiger partial charge in [-0.25, -0.2) is 0 Å². The Morgan fingerprint density at radius 2 is 2.04 bits per heavy atom. The maximum Gasteiger partial charge on any atom is 0.230 e. The molecule has 0 bridgehead atoms. The Bertz CT molecular complexity index is 758. The Balaban J connectivity index is 1.55. The monoisotopic (exact) mass is 450 g/mol. The number of piperidine rings is 1. The number of likely N-dealkylation sites (tertiary alicyclic amines) is 1. The zero-order valence-electron chi connectivity index (χ0n) is 16.0. The van der Waals surface area contributed by atoms with Gasteiger partial charge < -0.3 is 9.73 Å². The summed E-state index contributed by atoms with van der Waals surface area (Å²) in [6, 6.07) is 8.29. The average Bonchev–Trinajstić information content (AvgIpc) is 3.19. The Kier molecular flexibility index (Phi) is 7.44. The van der Waals surface area contributed by atoms with Crippen molar-refractivity contribution < 1.29 is 9.21 Å². The molecule has 4 nitrogen and oxygen atoms in total. The molecule has 0 radical (unpaired) electrons. The molecule has 1 amide bonds. The van der Waals surface area contributed by atoms with E-state index in [9.17, 15) is 4.79 Å². The van der Waals surface area contributed by atoms with Crippen LogP contribution >= 0.6 is 27.7 Å². The van der Waals surface area contributed by atoms with Crippen molar-refractivity contribution in [2.45, 2.75) is 44.0 Å². The molecule has 6 heteroatoms. The number of nitrogens with one attached hydrogen (secondary N) is 1. The first kappa shape index (κ1) is 20.5. The third-order valence-corrected chi connectivity index (χ3v) is 7.02. The molecule has 1 N–H and O–H groups in total. The van der Waals surface area contributed by atoms with Crippen molar-refractivity contribution >= 4 is 33.6 Å². The second kappa shape index (κ2) is 9.80. The Morgan fingerprint density at radius 1 is 1.26 bits per heavy atom. The number of carbonyl (C=O) groups is 1. The zero-order chi connectivity index (χ0) is 19.2. The molecule has 27 heavy (non-hydrogen) atoms. The Morgan fingerprint density at radius 3 is 2.74 bits per heavy atom. The van der Waals surface area contributed by atoms with Gasteiger partial charge in [0.15, 0.2) is 0 Å². The summed E-state index contributed by atoms with van der Waals surface area (Å²) in [5, 5.41) is 3.11. The molecule has 1 aliphatic heterocycles. The molecule has 1 fully saturated rings. The maximum absolute atomic E-state index is 12.4. The van der Waals surface area contributed by atoms with Crippen LogP contribution in [0.15, 0.2) is 44.3 Å². The molecule has 2 aromatic rings. The molecule has 1 saturated heterocycles. The summed E-state index contributed by atoms with van der Waals surface area (Å²) in [7, 11) is 0. The van der Waals surface area contributed by atoms with Gasteiger partial charge in [0.05, 0.1) is 18.1 Å². The van der Waals surface area contributed by atoms with Crippen molar-refractivity contribution in [3.8, 4) is 0 Å². The lowest BCUT2D eigenvalue weighted by Gasteiger charge is -2.33. The molecule has 3 rings (SSSR count). The van der Waals surface area contributed by atoms with Gasteiger partial charge in [-0.15, -0.1) is 11.8 Å². The van der Waals surface area contributed by atoms with Gasteiger partial charge in [0.1, 0.15) is 5.76 Å². The molecule has 1 aromatic heterocycles. The first-order valence-corrected chi connectivity index (χ1v) is 11.3. The van der Waals surface area contributed by atoms with Gasteiger partial charge in [-0.05, 0) is 75.2 Å². The maximum atomic E-state index is 12.4. The molecule has 1 aromatic carbocycles. The summed E-state index contributed by atoms with van der Waals surface area (Å²) in [6.07, 6.45) is 5.42. The molecular weight excluding hydrogens is 424 g/mol. The van der Waals surface area contributed by atoms with Crippen molar-refractivity contribution in [2.24, 2.45) is 0 Å². The van der Waals surface area contributed by atoms with Gasteiger partial charge in [0, 0.05) is 15.9 Å². The number of benzene rings is 1. The highest BCUT2D eigenvalue weighted by molar-refractivity contribution is 9.10. The number of nitrogens with zero attached hydrogens (tertiary/aromatic N) is 1. The van der Waals surface area contributed by atoms with E-state index in [2.05, 4.69) is 52.1 Å². The predicted molar refractivity (Wildman–Crippen MR) is 114 cm³/mol. The van der Waals surface area contributed by atoms with Crippen molar-refractivity contribution in [3.05, 3.63) is 51.9 Å². The highest BCUT2D eigenvalue weighted by atomic mass is 79.9. The number of carbonyl (C=O) groups excluding carboxylic acids is 1. The SMILES string of the molecule is Cc1cc(SCC(=O)NC[C@@H](c2ccco2)N2CCCCC2)c(C)cc1Br. The summed E-state index contributed by atoms with van der Waals surface area (Å²) in [4.78, 5) is 16.0. The molecule has 1 atom stereocenters. The minimum atomic E-state index is 0.0635. The molecule has 0 unspecified atom stereocenters. The minimum Gasteiger partial charge on any atom is -0.468 e. The quantitative estimate of drug-likeness (QED) is 0.596. The molecule has 0 saturated carbocycles. The van der Waals surface area contributed by atoms with Crippen molar-refractivity contribution in [1.82, 2.24) is 10.2 Å². The molecule has 146 valence electrons. The number of rotatable bonds is 7. The Hall–Kier alpha value is -1.24.